The Balaban J connectivity index is 2.44. The van der Waals surface area contributed by atoms with Crippen LogP contribution in [0.2, 0.25) is 5.02 Å². The minimum absolute atomic E-state index is 0.244. The number of ketones is 1. The third kappa shape index (κ3) is 4.75. The zero-order chi connectivity index (χ0) is 21.0. The molecule has 0 aliphatic heterocycles. The van der Waals surface area contributed by atoms with E-state index in [4.69, 9.17) is 11.6 Å². The topological polar surface area (TPSA) is 101 Å². The largest absolute Gasteiger partial charge is 0.513 e. The quantitative estimate of drug-likeness (QED) is 0.653. The molecule has 1 aromatic heterocycles. The molecule has 2 atom stereocenters. The number of benzene rings is 1. The number of nitrogens with one attached hydrogen (secondary N) is 1. The Labute approximate surface area is 165 Å². The standard InChI is InChI=1S/C19H21ClFN3O4/c1-10(2)17(18(27)23-15(6-11(3)25)16(26)8-21)24-9-22-14-5-4-12(20)7-13(14)19(24)28/h4-5,7,9-10,15,17,25H,3,6,8H2,1-2H3,(H,23,27)/t15?,17-/m0/s1. The molecule has 0 aliphatic rings. The van der Waals surface area contributed by atoms with Crippen molar-refractivity contribution in [1.29, 1.82) is 0 Å². The van der Waals surface area contributed by atoms with Gasteiger partial charge in [-0.15, -0.1) is 0 Å². The van der Waals surface area contributed by atoms with Crippen LogP contribution in [0.3, 0.4) is 0 Å². The molecule has 0 fully saturated rings. The molecule has 150 valence electrons. The highest BCUT2D eigenvalue weighted by molar-refractivity contribution is 6.31. The lowest BCUT2D eigenvalue weighted by atomic mass is 10.0. The number of aromatic nitrogens is 2. The number of alkyl halides is 1. The summed E-state index contributed by atoms with van der Waals surface area (Å²) in [6.07, 6.45) is 0.930. The van der Waals surface area contributed by atoms with E-state index in [1.54, 1.807) is 26.0 Å². The smallest absolute Gasteiger partial charge is 0.261 e. The number of aliphatic hydroxyl groups excluding tert-OH is 1. The van der Waals surface area contributed by atoms with E-state index in [-0.39, 0.29) is 23.5 Å². The van der Waals surface area contributed by atoms with E-state index in [0.29, 0.717) is 10.5 Å². The van der Waals surface area contributed by atoms with E-state index >= 15 is 0 Å². The fourth-order valence-corrected chi connectivity index (χ4v) is 3.06. The van der Waals surface area contributed by atoms with Crippen molar-refractivity contribution in [2.75, 3.05) is 6.67 Å². The van der Waals surface area contributed by atoms with E-state index in [1.807, 2.05) is 0 Å². The number of fused-ring (bicyclic) bond motifs is 1. The van der Waals surface area contributed by atoms with Crippen molar-refractivity contribution in [2.24, 2.45) is 5.92 Å². The highest BCUT2D eigenvalue weighted by Crippen LogP contribution is 2.20. The molecule has 7 nitrogen and oxygen atoms in total. The second-order valence-electron chi connectivity index (χ2n) is 6.74. The maximum absolute atomic E-state index is 12.9. The van der Waals surface area contributed by atoms with Crippen molar-refractivity contribution < 1.29 is 19.1 Å². The lowest BCUT2D eigenvalue weighted by Gasteiger charge is -2.25. The number of nitrogens with zero attached hydrogens (tertiary/aromatic N) is 2. The number of aliphatic hydroxyl groups is 1. The van der Waals surface area contributed by atoms with Gasteiger partial charge in [-0.1, -0.05) is 32.0 Å². The number of carbonyl (C=O) groups is 2. The number of hydrogen-bond acceptors (Lipinski definition) is 5. The first kappa shape index (κ1) is 21.6. The number of halogens is 2. The van der Waals surface area contributed by atoms with Crippen molar-refractivity contribution in [3.05, 3.63) is 52.2 Å². The van der Waals surface area contributed by atoms with Crippen molar-refractivity contribution in [3.8, 4) is 0 Å². The number of Topliss-reactive ketones (excluding diaryl/α,β-unsaturated/α-hetero) is 1. The molecular formula is C19H21ClFN3O4. The minimum atomic E-state index is -1.31. The normalized spacial score (nSPS) is 13.3. The van der Waals surface area contributed by atoms with Crippen molar-refractivity contribution in [1.82, 2.24) is 14.9 Å². The molecule has 1 aromatic carbocycles. The van der Waals surface area contributed by atoms with Crippen LogP contribution >= 0.6 is 11.6 Å². The van der Waals surface area contributed by atoms with Crippen molar-refractivity contribution in [3.63, 3.8) is 0 Å². The summed E-state index contributed by atoms with van der Waals surface area (Å²) in [5.74, 6) is -2.29. The van der Waals surface area contributed by atoms with E-state index in [0.717, 1.165) is 4.57 Å². The van der Waals surface area contributed by atoms with Gasteiger partial charge in [0.15, 0.2) is 5.78 Å². The molecule has 2 aromatic rings. The van der Waals surface area contributed by atoms with E-state index in [1.165, 1.54) is 12.4 Å². The summed E-state index contributed by atoms with van der Waals surface area (Å²) in [6, 6.07) is 2.36. The van der Waals surface area contributed by atoms with Crippen LogP contribution in [0.25, 0.3) is 10.9 Å². The van der Waals surface area contributed by atoms with Gasteiger partial charge in [-0.3, -0.25) is 19.0 Å². The van der Waals surface area contributed by atoms with Gasteiger partial charge in [-0.25, -0.2) is 9.37 Å². The molecule has 0 radical (unpaired) electrons. The SMILES string of the molecule is C=C(O)CC(NC(=O)[C@H](C(C)C)n1cnc2ccc(Cl)cc2c1=O)C(=O)CF. The maximum Gasteiger partial charge on any atom is 0.261 e. The summed E-state index contributed by atoms with van der Waals surface area (Å²) in [6.45, 7) is 5.40. The highest BCUT2D eigenvalue weighted by atomic mass is 35.5. The Morgan fingerprint density at radius 1 is 1.39 bits per heavy atom. The summed E-state index contributed by atoms with van der Waals surface area (Å²) in [7, 11) is 0. The zero-order valence-corrected chi connectivity index (χ0v) is 16.2. The number of carbonyl (C=O) groups excluding carboxylic acids is 2. The van der Waals surface area contributed by atoms with E-state index in [2.05, 4.69) is 16.9 Å². The van der Waals surface area contributed by atoms with Gasteiger partial charge in [0.1, 0.15) is 12.7 Å². The van der Waals surface area contributed by atoms with Crippen LogP contribution in [0, 0.1) is 5.92 Å². The number of hydrogen-bond donors (Lipinski definition) is 2. The van der Waals surface area contributed by atoms with Gasteiger partial charge < -0.3 is 10.4 Å². The molecule has 9 heteroatoms. The monoisotopic (exact) mass is 409 g/mol. The van der Waals surface area contributed by atoms with Gasteiger partial charge >= 0.3 is 0 Å². The molecule has 1 unspecified atom stereocenters. The average Bonchev–Trinajstić information content (AvgIpc) is 2.62. The molecule has 0 bridgehead atoms. The molecule has 0 spiro atoms. The summed E-state index contributed by atoms with van der Waals surface area (Å²) >= 11 is 5.96. The lowest BCUT2D eigenvalue weighted by Crippen LogP contribution is -2.47. The first-order valence-electron chi connectivity index (χ1n) is 8.58. The lowest BCUT2D eigenvalue weighted by molar-refractivity contribution is -0.131. The molecule has 1 amide bonds. The Morgan fingerprint density at radius 2 is 2.07 bits per heavy atom. The molecule has 2 N–H and O–H groups in total. The van der Waals surface area contributed by atoms with Crippen LogP contribution < -0.4 is 10.9 Å². The molecule has 28 heavy (non-hydrogen) atoms. The summed E-state index contributed by atoms with van der Waals surface area (Å²) < 4.78 is 14.0. The maximum atomic E-state index is 12.9. The van der Waals surface area contributed by atoms with Crippen molar-refractivity contribution in [2.45, 2.75) is 32.4 Å². The minimum Gasteiger partial charge on any atom is -0.513 e. The first-order valence-corrected chi connectivity index (χ1v) is 8.95. The Kier molecular flexibility index (Phi) is 6.90. The van der Waals surface area contributed by atoms with Gasteiger partial charge in [0.05, 0.1) is 29.0 Å². The Morgan fingerprint density at radius 3 is 2.64 bits per heavy atom. The van der Waals surface area contributed by atoms with Gasteiger partial charge in [0.2, 0.25) is 5.91 Å². The predicted molar refractivity (Wildman–Crippen MR) is 104 cm³/mol. The molecule has 1 heterocycles. The molecule has 2 rings (SSSR count). The van der Waals surface area contributed by atoms with Crippen LogP contribution in [-0.4, -0.2) is 39.1 Å². The third-order valence-corrected chi connectivity index (χ3v) is 4.46. The fraction of sp³-hybridized carbons (Fsp3) is 0.368. The second kappa shape index (κ2) is 8.97. The van der Waals surface area contributed by atoms with Gasteiger partial charge in [-0.2, -0.15) is 0 Å². The second-order valence-corrected chi connectivity index (χ2v) is 7.18. The van der Waals surface area contributed by atoms with Crippen molar-refractivity contribution >= 4 is 34.2 Å². The number of rotatable bonds is 8. The van der Waals surface area contributed by atoms with Gasteiger partial charge in [0, 0.05) is 11.4 Å². The van der Waals surface area contributed by atoms with Crippen LogP contribution in [0.15, 0.2) is 41.7 Å². The third-order valence-electron chi connectivity index (χ3n) is 4.22. The van der Waals surface area contributed by atoms with Crippen LogP contribution in [0.5, 0.6) is 0 Å². The summed E-state index contributed by atoms with van der Waals surface area (Å²) in [4.78, 5) is 41.7. The van der Waals surface area contributed by atoms with E-state index < -0.39 is 36.0 Å². The Bertz CT molecular complexity index is 973. The first-order chi connectivity index (χ1) is 13.1. The number of amides is 1. The highest BCUT2D eigenvalue weighted by Gasteiger charge is 2.30. The van der Waals surface area contributed by atoms with E-state index in [9.17, 15) is 23.9 Å². The zero-order valence-electron chi connectivity index (χ0n) is 15.5. The fourth-order valence-electron chi connectivity index (χ4n) is 2.89. The molecule has 0 saturated carbocycles. The molecule has 0 aliphatic carbocycles. The predicted octanol–water partition coefficient (Wildman–Crippen LogP) is 2.73. The van der Waals surface area contributed by atoms with Crippen LogP contribution in [0.4, 0.5) is 4.39 Å². The Hall–Kier alpha value is -2.74. The van der Waals surface area contributed by atoms with Gasteiger partial charge in [-0.05, 0) is 24.1 Å². The summed E-state index contributed by atoms with van der Waals surface area (Å²) in [5, 5.41) is 12.3. The van der Waals surface area contributed by atoms with Gasteiger partial charge in [0.25, 0.3) is 5.56 Å². The molecular weight excluding hydrogens is 389 g/mol. The summed E-state index contributed by atoms with van der Waals surface area (Å²) in [5.41, 5.74) is -0.0445. The van der Waals surface area contributed by atoms with Crippen LogP contribution in [-0.2, 0) is 9.59 Å². The van der Waals surface area contributed by atoms with Crippen LogP contribution in [0.1, 0.15) is 26.3 Å². The molecule has 0 saturated heterocycles. The average molecular weight is 410 g/mol.